The summed E-state index contributed by atoms with van der Waals surface area (Å²) in [5, 5.41) is 16.9. The van der Waals surface area contributed by atoms with Crippen molar-refractivity contribution in [3.63, 3.8) is 0 Å². The predicted molar refractivity (Wildman–Crippen MR) is 107 cm³/mol. The molecule has 1 heterocycles. The molecule has 0 fully saturated rings. The lowest BCUT2D eigenvalue weighted by Gasteiger charge is -2.47. The van der Waals surface area contributed by atoms with E-state index in [9.17, 15) is 32.4 Å². The standard InChI is InChI=1S/C14H21ClN4O9S2/c15-10-7-11-13(8-12(10)29(16,23)24)30(25,26)18(9-17-11)4-6-27-14(20)3-1-2-5-28-19(21)22/h7-8,17,25-26H,1-6,9H2,(H2,16,23,24). The molecule has 1 aliphatic heterocycles. The molecule has 0 aromatic heterocycles. The molecule has 16 heteroatoms. The highest BCUT2D eigenvalue weighted by molar-refractivity contribution is 8.22. The molecule has 0 saturated carbocycles. The number of hydrogen-bond acceptors (Lipinski definition) is 11. The van der Waals surface area contributed by atoms with Crippen molar-refractivity contribution in [2.75, 3.05) is 31.7 Å². The Morgan fingerprint density at radius 2 is 2.07 bits per heavy atom. The number of hydrogen-bond donors (Lipinski definition) is 4. The Morgan fingerprint density at radius 3 is 2.70 bits per heavy atom. The zero-order valence-electron chi connectivity index (χ0n) is 15.5. The SMILES string of the molecule is NS(=O)(=O)c1cc2c(cc1Cl)NCN(CCOC(=O)CCCCO[N+](=O)[O-])S2(O)O. The van der Waals surface area contributed by atoms with Gasteiger partial charge >= 0.3 is 5.97 Å². The Balaban J connectivity index is 1.92. The fraction of sp³-hybridized carbons (Fsp3) is 0.500. The minimum Gasteiger partial charge on any atom is -0.464 e. The van der Waals surface area contributed by atoms with Crippen LogP contribution in [0.2, 0.25) is 5.02 Å². The number of benzene rings is 1. The van der Waals surface area contributed by atoms with E-state index in [0.717, 1.165) is 6.07 Å². The van der Waals surface area contributed by atoms with Crippen LogP contribution in [0.1, 0.15) is 19.3 Å². The Hall–Kier alpha value is -1.88. The number of primary sulfonamides is 1. The van der Waals surface area contributed by atoms with E-state index in [1.54, 1.807) is 0 Å². The number of nitrogens with zero attached hydrogens (tertiary/aromatic N) is 2. The third-order valence-electron chi connectivity index (χ3n) is 4.02. The fourth-order valence-electron chi connectivity index (χ4n) is 2.57. The fourth-order valence-corrected chi connectivity index (χ4v) is 5.30. The van der Waals surface area contributed by atoms with Crippen LogP contribution in [0.25, 0.3) is 0 Å². The van der Waals surface area contributed by atoms with Crippen LogP contribution in [0.4, 0.5) is 5.69 Å². The zero-order chi connectivity index (χ0) is 22.5. The van der Waals surface area contributed by atoms with Gasteiger partial charge in [-0.05, 0) is 25.0 Å². The third-order valence-corrected chi connectivity index (χ3v) is 7.35. The molecule has 0 saturated heterocycles. The van der Waals surface area contributed by atoms with Gasteiger partial charge in [0.2, 0.25) is 10.0 Å². The van der Waals surface area contributed by atoms with E-state index < -0.39 is 36.8 Å². The number of esters is 1. The smallest absolute Gasteiger partial charge is 0.305 e. The van der Waals surface area contributed by atoms with Gasteiger partial charge in [-0.3, -0.25) is 13.9 Å². The highest BCUT2D eigenvalue weighted by atomic mass is 35.5. The van der Waals surface area contributed by atoms with E-state index >= 15 is 0 Å². The predicted octanol–water partition coefficient (Wildman–Crippen LogP) is 1.62. The van der Waals surface area contributed by atoms with Crippen molar-refractivity contribution >= 4 is 44.1 Å². The summed E-state index contributed by atoms with van der Waals surface area (Å²) in [4.78, 5) is 25.3. The molecule has 0 bridgehead atoms. The summed E-state index contributed by atoms with van der Waals surface area (Å²) in [5.74, 6) is -0.554. The molecule has 1 aliphatic rings. The number of carbonyl (C=O) groups excluding carboxylic acids is 1. The van der Waals surface area contributed by atoms with Gasteiger partial charge in [0, 0.05) is 6.42 Å². The normalized spacial score (nSPS) is 16.8. The van der Waals surface area contributed by atoms with E-state index in [1.165, 1.54) is 10.4 Å². The average molecular weight is 489 g/mol. The number of sulfonamides is 1. The minimum absolute atomic E-state index is 0.0177. The van der Waals surface area contributed by atoms with Crippen LogP contribution in [-0.2, 0) is 24.4 Å². The molecule has 0 radical (unpaired) electrons. The van der Waals surface area contributed by atoms with E-state index in [2.05, 4.69) is 10.2 Å². The second-order valence-corrected chi connectivity index (χ2v) is 10.0. The second-order valence-electron chi connectivity index (χ2n) is 6.12. The molecule has 5 N–H and O–H groups in total. The van der Waals surface area contributed by atoms with E-state index in [1.807, 2.05) is 0 Å². The molecular formula is C14H21ClN4O9S2. The summed E-state index contributed by atoms with van der Waals surface area (Å²) in [6.45, 7) is -0.355. The zero-order valence-corrected chi connectivity index (χ0v) is 17.9. The van der Waals surface area contributed by atoms with E-state index in [0.29, 0.717) is 12.8 Å². The van der Waals surface area contributed by atoms with Gasteiger partial charge in [0.1, 0.15) is 11.5 Å². The van der Waals surface area contributed by atoms with Crippen molar-refractivity contribution in [2.24, 2.45) is 5.14 Å². The van der Waals surface area contributed by atoms with Crippen molar-refractivity contribution in [3.05, 3.63) is 27.3 Å². The molecule has 13 nitrogen and oxygen atoms in total. The molecule has 2 rings (SSSR count). The first-order valence-electron chi connectivity index (χ1n) is 8.49. The molecule has 170 valence electrons. The Kier molecular flexibility index (Phi) is 8.09. The molecule has 0 aliphatic carbocycles. The lowest BCUT2D eigenvalue weighted by molar-refractivity contribution is -0.757. The highest BCUT2D eigenvalue weighted by Crippen LogP contribution is 2.57. The van der Waals surface area contributed by atoms with E-state index in [-0.39, 0.29) is 48.5 Å². The molecular weight excluding hydrogens is 468 g/mol. The number of nitrogens with two attached hydrogens (primary N) is 1. The molecule has 30 heavy (non-hydrogen) atoms. The van der Waals surface area contributed by atoms with Crippen LogP contribution in [0.15, 0.2) is 21.9 Å². The van der Waals surface area contributed by atoms with Crippen molar-refractivity contribution in [1.29, 1.82) is 0 Å². The van der Waals surface area contributed by atoms with Gasteiger partial charge in [0.25, 0.3) is 5.09 Å². The summed E-state index contributed by atoms with van der Waals surface area (Å²) >= 11 is 5.91. The van der Waals surface area contributed by atoms with Crippen LogP contribution >= 0.6 is 22.4 Å². The van der Waals surface area contributed by atoms with Crippen LogP contribution < -0.4 is 10.5 Å². The number of unbranched alkanes of at least 4 members (excludes halogenated alkanes) is 1. The Labute approximate surface area is 178 Å². The van der Waals surface area contributed by atoms with Gasteiger partial charge < -0.3 is 14.9 Å². The van der Waals surface area contributed by atoms with Crippen molar-refractivity contribution in [2.45, 2.75) is 29.1 Å². The van der Waals surface area contributed by atoms with Gasteiger partial charge in [0.05, 0.1) is 35.4 Å². The van der Waals surface area contributed by atoms with Gasteiger partial charge in [-0.25, -0.2) is 13.6 Å². The number of anilines is 1. The third kappa shape index (κ3) is 6.31. The number of nitrogens with one attached hydrogen (secondary N) is 1. The van der Waals surface area contributed by atoms with Crippen LogP contribution in [-0.4, -0.2) is 59.3 Å². The maximum atomic E-state index is 11.7. The molecule has 0 atom stereocenters. The lowest BCUT2D eigenvalue weighted by Crippen LogP contribution is -2.39. The average Bonchev–Trinajstić information content (AvgIpc) is 2.61. The molecule has 0 unspecified atom stereocenters. The van der Waals surface area contributed by atoms with Crippen LogP contribution in [0.3, 0.4) is 0 Å². The van der Waals surface area contributed by atoms with Crippen molar-refractivity contribution in [1.82, 2.24) is 4.31 Å². The monoisotopic (exact) mass is 488 g/mol. The van der Waals surface area contributed by atoms with Crippen molar-refractivity contribution in [3.8, 4) is 0 Å². The first kappa shape index (κ1) is 24.4. The van der Waals surface area contributed by atoms with Gasteiger partial charge in [0.15, 0.2) is 0 Å². The molecule has 0 spiro atoms. The summed E-state index contributed by atoms with van der Waals surface area (Å²) in [7, 11) is -7.78. The second kappa shape index (κ2) is 9.95. The number of carbonyl (C=O) groups is 1. The van der Waals surface area contributed by atoms with Crippen LogP contribution in [0.5, 0.6) is 0 Å². The first-order valence-corrected chi connectivity index (χ1v) is 11.9. The van der Waals surface area contributed by atoms with E-state index in [4.69, 9.17) is 21.5 Å². The summed E-state index contributed by atoms with van der Waals surface area (Å²) in [5.41, 5.74) is 0.248. The molecule has 1 aromatic carbocycles. The number of rotatable bonds is 10. The first-order chi connectivity index (χ1) is 13.9. The number of halogens is 1. The topological polar surface area (TPSA) is 195 Å². The quantitative estimate of drug-likeness (QED) is 0.161. The summed E-state index contributed by atoms with van der Waals surface area (Å²) in [6, 6.07) is 2.24. The van der Waals surface area contributed by atoms with Crippen molar-refractivity contribution < 1.29 is 37.0 Å². The Bertz CT molecular complexity index is 913. The van der Waals surface area contributed by atoms with Gasteiger partial charge in [-0.2, -0.15) is 4.31 Å². The molecule has 0 amide bonds. The minimum atomic E-state index is -4.18. The summed E-state index contributed by atoms with van der Waals surface area (Å²) in [6.07, 6.45) is 0.657. The molecule has 1 aromatic rings. The Morgan fingerprint density at radius 1 is 1.37 bits per heavy atom. The largest absolute Gasteiger partial charge is 0.464 e. The lowest BCUT2D eigenvalue weighted by atomic mass is 10.2. The number of ether oxygens (including phenoxy) is 1. The van der Waals surface area contributed by atoms with Gasteiger partial charge in [-0.1, -0.05) is 11.6 Å². The highest BCUT2D eigenvalue weighted by Gasteiger charge is 2.34. The van der Waals surface area contributed by atoms with Gasteiger partial charge in [-0.15, -0.1) is 20.9 Å². The van der Waals surface area contributed by atoms with Crippen LogP contribution in [0, 0.1) is 10.1 Å². The number of fused-ring (bicyclic) bond motifs is 1. The maximum absolute atomic E-state index is 11.7. The summed E-state index contributed by atoms with van der Waals surface area (Å²) < 4.78 is 50.7. The maximum Gasteiger partial charge on any atom is 0.305 e.